The molecule has 0 spiro atoms. The molecule has 0 saturated carbocycles. The summed E-state index contributed by atoms with van der Waals surface area (Å²) in [6, 6.07) is 14.4. The number of nitrogens with one attached hydrogen (secondary N) is 2. The molecule has 0 bridgehead atoms. The van der Waals surface area contributed by atoms with E-state index in [9.17, 15) is 4.79 Å². The van der Waals surface area contributed by atoms with Gasteiger partial charge in [0.1, 0.15) is 17.3 Å². The Kier molecular flexibility index (Phi) is 4.99. The Bertz CT molecular complexity index is 1020. The van der Waals surface area contributed by atoms with Gasteiger partial charge in [-0.25, -0.2) is 9.97 Å². The minimum absolute atomic E-state index is 0.217. The van der Waals surface area contributed by atoms with Crippen LogP contribution in [0, 0.1) is 6.92 Å². The molecule has 0 unspecified atom stereocenters. The van der Waals surface area contributed by atoms with Crippen LogP contribution in [-0.2, 0) is 6.54 Å². The molecule has 1 aromatic heterocycles. The average Bonchev–Trinajstić information content (AvgIpc) is 3.15. The Hall–Kier alpha value is -3.32. The summed E-state index contributed by atoms with van der Waals surface area (Å²) < 4.78 is 10.6. The molecule has 1 aliphatic heterocycles. The molecule has 142 valence electrons. The number of carbonyl (C=O) groups excluding carboxylic acids is 1. The van der Waals surface area contributed by atoms with Gasteiger partial charge in [-0.3, -0.25) is 4.79 Å². The number of rotatable bonds is 5. The largest absolute Gasteiger partial charge is 0.454 e. The lowest BCUT2D eigenvalue weighted by molar-refractivity contribution is 0.0945. The van der Waals surface area contributed by atoms with Crippen LogP contribution in [0.2, 0.25) is 5.02 Å². The topological polar surface area (TPSA) is 85.4 Å². The van der Waals surface area contributed by atoms with Gasteiger partial charge in [0.05, 0.1) is 0 Å². The zero-order chi connectivity index (χ0) is 19.5. The summed E-state index contributed by atoms with van der Waals surface area (Å²) in [6.45, 7) is 2.30. The summed E-state index contributed by atoms with van der Waals surface area (Å²) in [6.07, 6.45) is 0. The fraction of sp³-hybridized carbons (Fsp3) is 0.150. The summed E-state index contributed by atoms with van der Waals surface area (Å²) in [7, 11) is 0. The van der Waals surface area contributed by atoms with Crippen molar-refractivity contribution in [1.82, 2.24) is 15.3 Å². The van der Waals surface area contributed by atoms with E-state index in [0.29, 0.717) is 34.7 Å². The van der Waals surface area contributed by atoms with Crippen molar-refractivity contribution >= 4 is 29.0 Å². The highest BCUT2D eigenvalue weighted by atomic mass is 35.5. The molecule has 7 nitrogen and oxygen atoms in total. The molecule has 0 radical (unpaired) electrons. The maximum absolute atomic E-state index is 12.6. The third-order valence-electron chi connectivity index (χ3n) is 4.08. The van der Waals surface area contributed by atoms with Gasteiger partial charge in [0.25, 0.3) is 5.91 Å². The molecule has 8 heteroatoms. The Morgan fingerprint density at radius 3 is 2.68 bits per heavy atom. The van der Waals surface area contributed by atoms with Crippen LogP contribution in [0.3, 0.4) is 0 Å². The molecular formula is C20H17ClN4O3. The van der Waals surface area contributed by atoms with E-state index >= 15 is 0 Å². The number of nitrogens with zero attached hydrogens (tertiary/aromatic N) is 2. The highest BCUT2D eigenvalue weighted by Gasteiger charge is 2.15. The van der Waals surface area contributed by atoms with E-state index in [2.05, 4.69) is 20.6 Å². The maximum atomic E-state index is 12.6. The zero-order valence-corrected chi connectivity index (χ0v) is 15.8. The number of hydrogen-bond donors (Lipinski definition) is 2. The molecular weight excluding hydrogens is 380 g/mol. The van der Waals surface area contributed by atoms with Gasteiger partial charge in [-0.15, -0.1) is 0 Å². The van der Waals surface area contributed by atoms with Gasteiger partial charge in [0.15, 0.2) is 11.5 Å². The standard InChI is InChI=1S/C20H17ClN4O3/c1-12-23-16(9-19(24-12)25-15-5-3-14(21)4-6-15)20(26)22-10-13-2-7-17-18(8-13)28-11-27-17/h2-9H,10-11H2,1H3,(H,22,26)(H,23,24,25). The first-order chi connectivity index (χ1) is 13.6. The molecule has 0 atom stereocenters. The fourth-order valence-electron chi connectivity index (χ4n) is 2.75. The second-order valence-corrected chi connectivity index (χ2v) is 6.62. The van der Waals surface area contributed by atoms with E-state index in [1.165, 1.54) is 0 Å². The molecule has 0 saturated heterocycles. The lowest BCUT2D eigenvalue weighted by Crippen LogP contribution is -2.24. The molecule has 2 heterocycles. The van der Waals surface area contributed by atoms with Crippen LogP contribution in [0.15, 0.2) is 48.5 Å². The van der Waals surface area contributed by atoms with Gasteiger partial charge in [-0.05, 0) is 48.9 Å². The van der Waals surface area contributed by atoms with Crippen molar-refractivity contribution in [2.75, 3.05) is 12.1 Å². The van der Waals surface area contributed by atoms with E-state index < -0.39 is 0 Å². The van der Waals surface area contributed by atoms with Crippen molar-refractivity contribution in [3.05, 3.63) is 70.6 Å². The molecule has 1 amide bonds. The minimum atomic E-state index is -0.290. The highest BCUT2D eigenvalue weighted by Crippen LogP contribution is 2.32. The number of benzene rings is 2. The van der Waals surface area contributed by atoms with Crippen LogP contribution in [0.1, 0.15) is 21.9 Å². The molecule has 28 heavy (non-hydrogen) atoms. The number of halogens is 1. The SMILES string of the molecule is Cc1nc(Nc2ccc(Cl)cc2)cc(C(=O)NCc2ccc3c(c2)OCO3)n1. The van der Waals surface area contributed by atoms with Crippen molar-refractivity contribution in [1.29, 1.82) is 0 Å². The summed E-state index contributed by atoms with van der Waals surface area (Å²) in [5, 5.41) is 6.66. The van der Waals surface area contributed by atoms with Crippen molar-refractivity contribution < 1.29 is 14.3 Å². The molecule has 0 aliphatic carbocycles. The highest BCUT2D eigenvalue weighted by molar-refractivity contribution is 6.30. The van der Waals surface area contributed by atoms with Crippen LogP contribution < -0.4 is 20.1 Å². The first kappa shape index (κ1) is 18.1. The monoisotopic (exact) mass is 396 g/mol. The van der Waals surface area contributed by atoms with Crippen LogP contribution in [0.5, 0.6) is 11.5 Å². The van der Waals surface area contributed by atoms with E-state index in [1.54, 1.807) is 25.1 Å². The van der Waals surface area contributed by atoms with Gasteiger partial charge in [-0.1, -0.05) is 17.7 Å². The molecule has 1 aliphatic rings. The van der Waals surface area contributed by atoms with Gasteiger partial charge < -0.3 is 20.1 Å². The number of anilines is 2. The number of hydrogen-bond acceptors (Lipinski definition) is 6. The van der Waals surface area contributed by atoms with Crippen molar-refractivity contribution in [2.45, 2.75) is 13.5 Å². The predicted octanol–water partition coefficient (Wildman–Crippen LogP) is 3.84. The van der Waals surface area contributed by atoms with Crippen molar-refractivity contribution in [3.63, 3.8) is 0 Å². The first-order valence-corrected chi connectivity index (χ1v) is 8.99. The normalized spacial score (nSPS) is 11.9. The second kappa shape index (κ2) is 7.74. The van der Waals surface area contributed by atoms with Crippen LogP contribution in [0.25, 0.3) is 0 Å². The summed E-state index contributed by atoms with van der Waals surface area (Å²) in [5.41, 5.74) is 2.00. The van der Waals surface area contributed by atoms with Gasteiger partial charge in [0, 0.05) is 23.3 Å². The Morgan fingerprint density at radius 2 is 1.86 bits per heavy atom. The number of ether oxygens (including phenoxy) is 2. The Morgan fingerprint density at radius 1 is 1.07 bits per heavy atom. The molecule has 2 N–H and O–H groups in total. The number of aromatic nitrogens is 2. The summed E-state index contributed by atoms with van der Waals surface area (Å²) in [4.78, 5) is 21.1. The van der Waals surface area contributed by atoms with Crippen LogP contribution in [-0.4, -0.2) is 22.7 Å². The lowest BCUT2D eigenvalue weighted by atomic mass is 10.2. The average molecular weight is 397 g/mol. The predicted molar refractivity (Wildman–Crippen MR) is 105 cm³/mol. The first-order valence-electron chi connectivity index (χ1n) is 8.62. The maximum Gasteiger partial charge on any atom is 0.270 e. The van der Waals surface area contributed by atoms with Crippen LogP contribution in [0.4, 0.5) is 11.5 Å². The summed E-state index contributed by atoms with van der Waals surface area (Å²) in [5.74, 6) is 2.12. The quantitative estimate of drug-likeness (QED) is 0.681. The van der Waals surface area contributed by atoms with Gasteiger partial charge in [0.2, 0.25) is 6.79 Å². The minimum Gasteiger partial charge on any atom is -0.454 e. The molecule has 3 aromatic rings. The Labute approximate surface area is 166 Å². The lowest BCUT2D eigenvalue weighted by Gasteiger charge is -2.10. The number of aryl methyl sites for hydroxylation is 1. The van der Waals surface area contributed by atoms with E-state index in [-0.39, 0.29) is 18.4 Å². The second-order valence-electron chi connectivity index (χ2n) is 6.19. The van der Waals surface area contributed by atoms with Crippen LogP contribution >= 0.6 is 11.6 Å². The van der Waals surface area contributed by atoms with Crippen molar-refractivity contribution in [3.8, 4) is 11.5 Å². The summed E-state index contributed by atoms with van der Waals surface area (Å²) >= 11 is 5.90. The smallest absolute Gasteiger partial charge is 0.270 e. The van der Waals surface area contributed by atoms with E-state index in [1.807, 2.05) is 30.3 Å². The number of fused-ring (bicyclic) bond motifs is 1. The third kappa shape index (κ3) is 4.15. The third-order valence-corrected chi connectivity index (χ3v) is 4.33. The van der Waals surface area contributed by atoms with E-state index in [0.717, 1.165) is 11.3 Å². The van der Waals surface area contributed by atoms with E-state index in [4.69, 9.17) is 21.1 Å². The molecule has 0 fully saturated rings. The Balaban J connectivity index is 1.45. The fourth-order valence-corrected chi connectivity index (χ4v) is 2.88. The zero-order valence-electron chi connectivity index (χ0n) is 15.0. The number of carbonyl (C=O) groups is 1. The van der Waals surface area contributed by atoms with Gasteiger partial charge in [-0.2, -0.15) is 0 Å². The molecule has 4 rings (SSSR count). The van der Waals surface area contributed by atoms with Crippen molar-refractivity contribution in [2.24, 2.45) is 0 Å². The van der Waals surface area contributed by atoms with Gasteiger partial charge >= 0.3 is 0 Å². The number of amides is 1. The molecule has 2 aromatic carbocycles.